The number of amides is 1. The third-order valence-corrected chi connectivity index (χ3v) is 1.98. The highest BCUT2D eigenvalue weighted by Gasteiger charge is 2.13. The second kappa shape index (κ2) is 4.50. The molecule has 1 aromatic rings. The molecule has 0 spiro atoms. The summed E-state index contributed by atoms with van der Waals surface area (Å²) in [5.74, 6) is -0.278. The summed E-state index contributed by atoms with van der Waals surface area (Å²) in [5.41, 5.74) is 0.608. The molecule has 6 heteroatoms. The van der Waals surface area contributed by atoms with Crippen molar-refractivity contribution in [3.05, 3.63) is 18.2 Å². The molecule has 0 saturated heterocycles. The van der Waals surface area contributed by atoms with Gasteiger partial charge in [0.1, 0.15) is 11.7 Å². The molecule has 6 nitrogen and oxygen atoms in total. The first kappa shape index (κ1) is 11.1. The molecule has 0 radical (unpaired) electrons. The van der Waals surface area contributed by atoms with Crippen LogP contribution in [0.15, 0.2) is 12.5 Å². The van der Waals surface area contributed by atoms with Crippen molar-refractivity contribution in [3.8, 4) is 0 Å². The summed E-state index contributed by atoms with van der Waals surface area (Å²) in [6.45, 7) is 1.61. The fourth-order valence-electron chi connectivity index (χ4n) is 1.17. The normalized spacial score (nSPS) is 11.9. The molecule has 0 saturated carbocycles. The van der Waals surface area contributed by atoms with Crippen molar-refractivity contribution >= 4 is 17.8 Å². The minimum atomic E-state index is -0.462. The number of rotatable bonds is 4. The largest absolute Gasteiger partial charge is 0.354 e. The molecule has 15 heavy (non-hydrogen) atoms. The van der Waals surface area contributed by atoms with Crippen molar-refractivity contribution in [3.63, 3.8) is 0 Å². The summed E-state index contributed by atoms with van der Waals surface area (Å²) >= 11 is 0. The van der Waals surface area contributed by atoms with E-state index in [0.29, 0.717) is 5.71 Å². The van der Waals surface area contributed by atoms with Crippen LogP contribution in [0.5, 0.6) is 0 Å². The lowest BCUT2D eigenvalue weighted by atomic mass is 10.2. The van der Waals surface area contributed by atoms with Gasteiger partial charge in [-0.25, -0.2) is 4.98 Å². The van der Waals surface area contributed by atoms with Gasteiger partial charge in [0, 0.05) is 25.2 Å². The Balaban J connectivity index is 2.97. The minimum absolute atomic E-state index is 0.278. The van der Waals surface area contributed by atoms with Crippen LogP contribution in [-0.2, 0) is 0 Å². The van der Waals surface area contributed by atoms with Crippen molar-refractivity contribution in [1.82, 2.24) is 14.9 Å². The molecule has 0 bridgehead atoms. The maximum absolute atomic E-state index is 11.2. The third kappa shape index (κ3) is 2.28. The van der Waals surface area contributed by atoms with Gasteiger partial charge >= 0.3 is 0 Å². The fraction of sp³-hybridized carbons (Fsp3) is 0.333. The van der Waals surface area contributed by atoms with Gasteiger partial charge < -0.3 is 20.7 Å². The van der Waals surface area contributed by atoms with Gasteiger partial charge in [0.05, 0.1) is 6.33 Å². The lowest BCUT2D eigenvalue weighted by Crippen LogP contribution is -2.19. The van der Waals surface area contributed by atoms with E-state index in [1.807, 2.05) is 0 Å². The molecule has 0 aliphatic carbocycles. The lowest BCUT2D eigenvalue weighted by molar-refractivity contribution is 0.0958. The standard InChI is InChI=1S/C9H13N5O/c1-6(11)8(3-10)14-4-7(13-5-14)9(15)12-2/h3-5,8,10-11H,1-2H3,(H,12,15). The summed E-state index contributed by atoms with van der Waals surface area (Å²) in [7, 11) is 1.53. The van der Waals surface area contributed by atoms with Gasteiger partial charge in [-0.1, -0.05) is 0 Å². The Labute approximate surface area is 87.3 Å². The zero-order chi connectivity index (χ0) is 11.4. The van der Waals surface area contributed by atoms with E-state index in [-0.39, 0.29) is 11.6 Å². The second-order valence-electron chi connectivity index (χ2n) is 3.08. The molecule has 0 aliphatic heterocycles. The number of nitrogens with one attached hydrogen (secondary N) is 3. The van der Waals surface area contributed by atoms with E-state index in [2.05, 4.69) is 10.3 Å². The first-order chi connectivity index (χ1) is 7.10. The molecule has 1 heterocycles. The number of carbonyl (C=O) groups excluding carboxylic acids is 1. The molecular formula is C9H13N5O. The summed E-state index contributed by atoms with van der Waals surface area (Å²) in [6, 6.07) is -0.462. The van der Waals surface area contributed by atoms with Gasteiger partial charge in [0.2, 0.25) is 0 Å². The Hall–Kier alpha value is -1.98. The van der Waals surface area contributed by atoms with Crippen molar-refractivity contribution in [2.75, 3.05) is 7.05 Å². The van der Waals surface area contributed by atoms with Crippen LogP contribution in [0.3, 0.4) is 0 Å². The maximum Gasteiger partial charge on any atom is 0.271 e. The number of aromatic nitrogens is 2. The number of hydrogen-bond acceptors (Lipinski definition) is 4. The second-order valence-corrected chi connectivity index (χ2v) is 3.08. The molecule has 0 aliphatic rings. The molecular weight excluding hydrogens is 194 g/mol. The lowest BCUT2D eigenvalue weighted by Gasteiger charge is -2.10. The molecule has 1 unspecified atom stereocenters. The highest BCUT2D eigenvalue weighted by Crippen LogP contribution is 2.06. The summed E-state index contributed by atoms with van der Waals surface area (Å²) < 4.78 is 1.56. The van der Waals surface area contributed by atoms with Crippen molar-refractivity contribution < 1.29 is 4.79 Å². The predicted octanol–water partition coefficient (Wildman–Crippen LogP) is 0.473. The van der Waals surface area contributed by atoms with Gasteiger partial charge in [-0.2, -0.15) is 0 Å². The average molecular weight is 207 g/mol. The van der Waals surface area contributed by atoms with Gasteiger partial charge in [-0.05, 0) is 6.92 Å². The van der Waals surface area contributed by atoms with E-state index < -0.39 is 6.04 Å². The van der Waals surface area contributed by atoms with Crippen LogP contribution in [0.4, 0.5) is 0 Å². The first-order valence-corrected chi connectivity index (χ1v) is 4.41. The topological polar surface area (TPSA) is 94.6 Å². The summed E-state index contributed by atoms with van der Waals surface area (Å²) in [6.07, 6.45) is 4.10. The highest BCUT2D eigenvalue weighted by atomic mass is 16.1. The van der Waals surface area contributed by atoms with Crippen molar-refractivity contribution in [2.45, 2.75) is 13.0 Å². The van der Waals surface area contributed by atoms with Gasteiger partial charge in [-0.15, -0.1) is 0 Å². The Bertz CT molecular complexity index is 395. The third-order valence-electron chi connectivity index (χ3n) is 1.98. The molecule has 1 amide bonds. The molecule has 1 rings (SSSR count). The van der Waals surface area contributed by atoms with Gasteiger partial charge in [0.25, 0.3) is 5.91 Å². The van der Waals surface area contributed by atoms with Crippen LogP contribution in [0.2, 0.25) is 0 Å². The number of imidazole rings is 1. The monoisotopic (exact) mass is 207 g/mol. The Kier molecular flexibility index (Phi) is 3.33. The van der Waals surface area contributed by atoms with Gasteiger partial charge in [-0.3, -0.25) is 4.79 Å². The molecule has 1 aromatic heterocycles. The highest BCUT2D eigenvalue weighted by molar-refractivity contribution is 5.97. The van der Waals surface area contributed by atoms with Crippen LogP contribution < -0.4 is 5.32 Å². The molecule has 3 N–H and O–H groups in total. The first-order valence-electron chi connectivity index (χ1n) is 4.41. The number of carbonyl (C=O) groups is 1. The average Bonchev–Trinajstić information content (AvgIpc) is 2.66. The van der Waals surface area contributed by atoms with Crippen LogP contribution in [0.1, 0.15) is 23.5 Å². The summed E-state index contributed by atoms with van der Waals surface area (Å²) in [5, 5.41) is 17.1. The van der Waals surface area contributed by atoms with Crippen molar-refractivity contribution in [2.24, 2.45) is 0 Å². The van der Waals surface area contributed by atoms with Crippen LogP contribution in [0.25, 0.3) is 0 Å². The van der Waals surface area contributed by atoms with E-state index >= 15 is 0 Å². The smallest absolute Gasteiger partial charge is 0.271 e. The summed E-state index contributed by atoms with van der Waals surface area (Å²) in [4.78, 5) is 15.1. The van der Waals surface area contributed by atoms with E-state index in [0.717, 1.165) is 6.21 Å². The Morgan fingerprint density at radius 2 is 2.40 bits per heavy atom. The number of nitrogens with zero attached hydrogens (tertiary/aromatic N) is 2. The maximum atomic E-state index is 11.2. The SMILES string of the molecule is CNC(=O)c1cn(C(C=N)C(C)=N)cn1. The molecule has 0 aromatic carbocycles. The van der Waals surface area contributed by atoms with E-state index in [9.17, 15) is 4.79 Å². The Morgan fingerprint density at radius 3 is 2.87 bits per heavy atom. The predicted molar refractivity (Wildman–Crippen MR) is 56.8 cm³/mol. The molecule has 0 fully saturated rings. The molecule has 80 valence electrons. The van der Waals surface area contributed by atoms with Crippen LogP contribution in [0, 0.1) is 10.8 Å². The number of hydrogen-bond donors (Lipinski definition) is 3. The minimum Gasteiger partial charge on any atom is -0.354 e. The van der Waals surface area contributed by atoms with Crippen LogP contribution >= 0.6 is 0 Å². The van der Waals surface area contributed by atoms with Crippen LogP contribution in [-0.4, -0.2) is 34.4 Å². The fourth-order valence-corrected chi connectivity index (χ4v) is 1.17. The van der Waals surface area contributed by atoms with Gasteiger partial charge in [0.15, 0.2) is 0 Å². The van der Waals surface area contributed by atoms with E-state index in [4.69, 9.17) is 10.8 Å². The molecule has 1 atom stereocenters. The quantitative estimate of drug-likeness (QED) is 0.626. The van der Waals surface area contributed by atoms with E-state index in [1.54, 1.807) is 11.5 Å². The zero-order valence-electron chi connectivity index (χ0n) is 8.61. The van der Waals surface area contributed by atoms with Crippen molar-refractivity contribution in [1.29, 1.82) is 10.8 Å². The Morgan fingerprint density at radius 1 is 1.73 bits per heavy atom. The zero-order valence-corrected chi connectivity index (χ0v) is 8.61. The van der Waals surface area contributed by atoms with E-state index in [1.165, 1.54) is 19.6 Å².